The number of nitriles is 1. The number of amides is 1. The summed E-state index contributed by atoms with van der Waals surface area (Å²) >= 11 is 5.90. The van der Waals surface area contributed by atoms with Gasteiger partial charge in [0.15, 0.2) is 0 Å². The average molecular weight is 339 g/mol. The smallest absolute Gasteiger partial charge is 0.261 e. The van der Waals surface area contributed by atoms with E-state index < -0.39 is 0 Å². The van der Waals surface area contributed by atoms with Gasteiger partial charge in [0, 0.05) is 10.7 Å². The van der Waals surface area contributed by atoms with Crippen molar-refractivity contribution in [3.63, 3.8) is 0 Å². The van der Waals surface area contributed by atoms with Gasteiger partial charge in [0.05, 0.1) is 28.9 Å². The van der Waals surface area contributed by atoms with Gasteiger partial charge in [-0.25, -0.2) is 4.98 Å². The summed E-state index contributed by atoms with van der Waals surface area (Å²) in [5.41, 5.74) is 1.23. The van der Waals surface area contributed by atoms with Crippen molar-refractivity contribution in [1.29, 1.82) is 5.26 Å². The number of anilines is 1. The van der Waals surface area contributed by atoms with Crippen LogP contribution in [0, 0.1) is 11.3 Å². The summed E-state index contributed by atoms with van der Waals surface area (Å²) in [5.74, 6) is -0.370. The van der Waals surface area contributed by atoms with E-state index in [-0.39, 0.29) is 18.0 Å². The molecule has 7 heteroatoms. The molecule has 0 saturated carbocycles. The molecule has 1 N–H and O–H groups in total. The lowest BCUT2D eigenvalue weighted by molar-refractivity contribution is -0.116. The molecule has 118 valence electrons. The number of halogens is 1. The van der Waals surface area contributed by atoms with Gasteiger partial charge >= 0.3 is 0 Å². The first-order valence-corrected chi connectivity index (χ1v) is 7.39. The van der Waals surface area contributed by atoms with Crippen LogP contribution in [0.2, 0.25) is 5.02 Å². The van der Waals surface area contributed by atoms with E-state index in [9.17, 15) is 9.59 Å². The summed E-state index contributed by atoms with van der Waals surface area (Å²) in [5, 5.41) is 12.2. The molecule has 2 aromatic carbocycles. The molecule has 0 fully saturated rings. The van der Waals surface area contributed by atoms with Crippen LogP contribution < -0.4 is 10.9 Å². The van der Waals surface area contributed by atoms with Crippen molar-refractivity contribution in [3.05, 3.63) is 69.7 Å². The van der Waals surface area contributed by atoms with Gasteiger partial charge in [-0.3, -0.25) is 14.2 Å². The highest BCUT2D eigenvalue weighted by atomic mass is 35.5. The molecule has 0 spiro atoms. The highest BCUT2D eigenvalue weighted by Crippen LogP contribution is 2.14. The van der Waals surface area contributed by atoms with Gasteiger partial charge in [-0.05, 0) is 42.5 Å². The number of aromatic nitrogens is 2. The lowest BCUT2D eigenvalue weighted by Gasteiger charge is -2.08. The SMILES string of the molecule is N#Cc1ccc(NC(=O)Cn2cnc3ccc(Cl)cc3c2=O)cc1. The maximum absolute atomic E-state index is 12.4. The molecule has 0 atom stereocenters. The van der Waals surface area contributed by atoms with Gasteiger partial charge in [-0.1, -0.05) is 11.6 Å². The Bertz CT molecular complexity index is 1020. The second-order valence-electron chi connectivity index (χ2n) is 5.08. The monoisotopic (exact) mass is 338 g/mol. The normalized spacial score (nSPS) is 10.3. The third-order valence-corrected chi connectivity index (χ3v) is 3.63. The lowest BCUT2D eigenvalue weighted by Crippen LogP contribution is -2.27. The molecule has 1 amide bonds. The van der Waals surface area contributed by atoms with E-state index in [1.165, 1.54) is 17.0 Å². The molecule has 0 unspecified atom stereocenters. The van der Waals surface area contributed by atoms with E-state index in [0.29, 0.717) is 27.2 Å². The van der Waals surface area contributed by atoms with Crippen molar-refractivity contribution >= 4 is 34.1 Å². The topological polar surface area (TPSA) is 87.8 Å². The maximum atomic E-state index is 12.4. The number of fused-ring (bicyclic) bond motifs is 1. The first-order chi connectivity index (χ1) is 11.6. The molecule has 0 aliphatic rings. The van der Waals surface area contributed by atoms with Crippen molar-refractivity contribution in [3.8, 4) is 6.07 Å². The van der Waals surface area contributed by atoms with Gasteiger partial charge in [0.1, 0.15) is 6.54 Å². The van der Waals surface area contributed by atoms with Crippen LogP contribution in [0.25, 0.3) is 10.9 Å². The lowest BCUT2D eigenvalue weighted by atomic mass is 10.2. The van der Waals surface area contributed by atoms with E-state index in [0.717, 1.165) is 0 Å². The first-order valence-electron chi connectivity index (χ1n) is 7.01. The fourth-order valence-electron chi connectivity index (χ4n) is 2.23. The van der Waals surface area contributed by atoms with Gasteiger partial charge in [-0.2, -0.15) is 5.26 Å². The predicted octanol–water partition coefficient (Wildman–Crippen LogP) is 2.56. The second kappa shape index (κ2) is 6.52. The average Bonchev–Trinajstić information content (AvgIpc) is 2.58. The fourth-order valence-corrected chi connectivity index (χ4v) is 2.40. The summed E-state index contributed by atoms with van der Waals surface area (Å²) in [6.07, 6.45) is 1.33. The van der Waals surface area contributed by atoms with E-state index in [1.807, 2.05) is 6.07 Å². The number of carbonyl (C=O) groups is 1. The van der Waals surface area contributed by atoms with Crippen molar-refractivity contribution in [2.45, 2.75) is 6.54 Å². The van der Waals surface area contributed by atoms with Crippen molar-refractivity contribution in [2.24, 2.45) is 0 Å². The number of nitrogens with one attached hydrogen (secondary N) is 1. The third kappa shape index (κ3) is 3.26. The molecule has 6 nitrogen and oxygen atoms in total. The van der Waals surface area contributed by atoms with Crippen LogP contribution in [-0.2, 0) is 11.3 Å². The molecule has 3 rings (SSSR count). The molecule has 3 aromatic rings. The van der Waals surface area contributed by atoms with Crippen LogP contribution in [0.4, 0.5) is 5.69 Å². The van der Waals surface area contributed by atoms with Crippen molar-refractivity contribution in [1.82, 2.24) is 9.55 Å². The number of benzene rings is 2. The zero-order valence-electron chi connectivity index (χ0n) is 12.4. The summed E-state index contributed by atoms with van der Waals surface area (Å²) in [6, 6.07) is 13.3. The number of hydrogen-bond acceptors (Lipinski definition) is 4. The molecule has 0 bridgehead atoms. The van der Waals surface area contributed by atoms with Gasteiger partial charge < -0.3 is 5.32 Å². The van der Waals surface area contributed by atoms with E-state index >= 15 is 0 Å². The zero-order chi connectivity index (χ0) is 17.1. The molecule has 0 aliphatic heterocycles. The highest BCUT2D eigenvalue weighted by molar-refractivity contribution is 6.31. The summed E-state index contributed by atoms with van der Waals surface area (Å²) in [7, 11) is 0. The van der Waals surface area contributed by atoms with Gasteiger partial charge in [0.25, 0.3) is 5.56 Å². The maximum Gasteiger partial charge on any atom is 0.261 e. The molecule has 24 heavy (non-hydrogen) atoms. The van der Waals surface area contributed by atoms with Crippen LogP contribution in [0.3, 0.4) is 0 Å². The van der Waals surface area contributed by atoms with Crippen LogP contribution >= 0.6 is 11.6 Å². The molecule has 0 aliphatic carbocycles. The first kappa shape index (κ1) is 15.7. The Balaban J connectivity index is 1.81. The number of carbonyl (C=O) groups excluding carboxylic acids is 1. The molecule has 0 saturated heterocycles. The van der Waals surface area contributed by atoms with Crippen molar-refractivity contribution < 1.29 is 4.79 Å². The predicted molar refractivity (Wildman–Crippen MR) is 90.8 cm³/mol. The van der Waals surface area contributed by atoms with Gasteiger partial charge in [-0.15, -0.1) is 0 Å². The quantitative estimate of drug-likeness (QED) is 0.795. The van der Waals surface area contributed by atoms with E-state index in [1.54, 1.807) is 36.4 Å². The Labute approximate surface area is 141 Å². The van der Waals surface area contributed by atoms with Gasteiger partial charge in [0.2, 0.25) is 5.91 Å². The summed E-state index contributed by atoms with van der Waals surface area (Å²) in [4.78, 5) is 28.7. The fraction of sp³-hybridized carbons (Fsp3) is 0.0588. The van der Waals surface area contributed by atoms with Crippen LogP contribution in [-0.4, -0.2) is 15.5 Å². The largest absolute Gasteiger partial charge is 0.325 e. The Kier molecular flexibility index (Phi) is 4.27. The Hall–Kier alpha value is -3.17. The van der Waals surface area contributed by atoms with Crippen LogP contribution in [0.15, 0.2) is 53.6 Å². The van der Waals surface area contributed by atoms with E-state index in [2.05, 4.69) is 10.3 Å². The Morgan fingerprint density at radius 3 is 2.71 bits per heavy atom. The molecule has 1 aromatic heterocycles. The zero-order valence-corrected chi connectivity index (χ0v) is 13.1. The minimum Gasteiger partial charge on any atom is -0.325 e. The standard InChI is InChI=1S/C17H11ClN4O2/c18-12-3-6-15-14(7-12)17(24)22(10-20-15)9-16(23)21-13-4-1-11(8-19)2-5-13/h1-7,10H,9H2,(H,21,23). The highest BCUT2D eigenvalue weighted by Gasteiger charge is 2.09. The Morgan fingerprint density at radius 1 is 1.25 bits per heavy atom. The minimum atomic E-state index is -0.370. The third-order valence-electron chi connectivity index (χ3n) is 3.40. The molecular formula is C17H11ClN4O2. The minimum absolute atomic E-state index is 0.172. The second-order valence-corrected chi connectivity index (χ2v) is 5.51. The summed E-state index contributed by atoms with van der Waals surface area (Å²) < 4.78 is 1.22. The van der Waals surface area contributed by atoms with Crippen molar-refractivity contribution in [2.75, 3.05) is 5.32 Å². The summed E-state index contributed by atoms with van der Waals surface area (Å²) in [6.45, 7) is -0.172. The number of rotatable bonds is 3. The Morgan fingerprint density at radius 2 is 2.00 bits per heavy atom. The van der Waals surface area contributed by atoms with Crippen LogP contribution in [0.5, 0.6) is 0 Å². The molecular weight excluding hydrogens is 328 g/mol. The number of nitrogens with zero attached hydrogens (tertiary/aromatic N) is 3. The molecule has 0 radical (unpaired) electrons. The number of hydrogen-bond donors (Lipinski definition) is 1. The van der Waals surface area contributed by atoms with E-state index in [4.69, 9.17) is 16.9 Å². The molecule has 1 heterocycles. The van der Waals surface area contributed by atoms with Crippen LogP contribution in [0.1, 0.15) is 5.56 Å².